The molecular weight excluding hydrogens is 188 g/mol. The Kier molecular flexibility index (Phi) is 1.98. The van der Waals surface area contributed by atoms with E-state index in [-0.39, 0.29) is 0 Å². The van der Waals surface area contributed by atoms with Crippen molar-refractivity contribution in [2.75, 3.05) is 0 Å². The van der Waals surface area contributed by atoms with Gasteiger partial charge >= 0.3 is 0 Å². The number of rotatable bonds is 1. The van der Waals surface area contributed by atoms with E-state index >= 15 is 0 Å². The van der Waals surface area contributed by atoms with Gasteiger partial charge in [-0.05, 0) is 0 Å². The molecule has 0 saturated carbocycles. The highest BCUT2D eigenvalue weighted by Gasteiger charge is 2.07. The third-order valence-corrected chi connectivity index (χ3v) is 2.03. The molecule has 0 radical (unpaired) electrons. The molecule has 0 aliphatic heterocycles. The lowest BCUT2D eigenvalue weighted by molar-refractivity contribution is 0.921. The molecule has 0 atom stereocenters. The first kappa shape index (κ1) is 8.19. The molecule has 0 aromatic carbocycles. The molecule has 0 fully saturated rings. The predicted octanol–water partition coefficient (Wildman–Crippen LogP) is 1.53. The van der Waals surface area contributed by atoms with Gasteiger partial charge in [0, 0.05) is 25.6 Å². The second-order valence-corrected chi connectivity index (χ2v) is 2.95. The molecule has 0 bridgehead atoms. The Labute approximate surface area is 80.2 Å². The SMILES string of the molecule is Cn1ccnc1-c1cncnc1Cl. The summed E-state index contributed by atoms with van der Waals surface area (Å²) in [5, 5.41) is 0.421. The molecule has 2 aromatic rings. The number of hydrogen-bond acceptors (Lipinski definition) is 3. The van der Waals surface area contributed by atoms with Crippen LogP contribution in [0.2, 0.25) is 5.15 Å². The summed E-state index contributed by atoms with van der Waals surface area (Å²) in [5.74, 6) is 0.769. The highest BCUT2D eigenvalue weighted by Crippen LogP contribution is 2.21. The van der Waals surface area contributed by atoms with Crippen LogP contribution in [-0.2, 0) is 7.05 Å². The summed E-state index contributed by atoms with van der Waals surface area (Å²) in [6, 6.07) is 0. The van der Waals surface area contributed by atoms with Crippen molar-refractivity contribution in [3.8, 4) is 11.4 Å². The van der Waals surface area contributed by atoms with Crippen LogP contribution in [0.3, 0.4) is 0 Å². The second kappa shape index (κ2) is 3.14. The van der Waals surface area contributed by atoms with Crippen molar-refractivity contribution < 1.29 is 0 Å². The number of imidazole rings is 1. The Morgan fingerprint density at radius 2 is 2.23 bits per heavy atom. The number of aromatic nitrogens is 4. The van der Waals surface area contributed by atoms with Gasteiger partial charge in [0.25, 0.3) is 0 Å². The maximum atomic E-state index is 5.88. The molecule has 0 aliphatic rings. The molecular formula is C8H7ClN4. The first-order valence-electron chi connectivity index (χ1n) is 3.72. The van der Waals surface area contributed by atoms with Crippen LogP contribution in [0.4, 0.5) is 0 Å². The number of nitrogens with zero attached hydrogens (tertiary/aromatic N) is 4. The van der Waals surface area contributed by atoms with E-state index < -0.39 is 0 Å². The Bertz CT molecular complexity index is 424. The predicted molar refractivity (Wildman–Crippen MR) is 49.2 cm³/mol. The summed E-state index contributed by atoms with van der Waals surface area (Å²) < 4.78 is 1.87. The molecule has 5 heteroatoms. The van der Waals surface area contributed by atoms with Gasteiger partial charge in [0.1, 0.15) is 17.3 Å². The molecule has 0 aliphatic carbocycles. The number of hydrogen-bond donors (Lipinski definition) is 0. The molecule has 2 rings (SSSR count). The van der Waals surface area contributed by atoms with Gasteiger partial charge in [-0.2, -0.15) is 0 Å². The van der Waals surface area contributed by atoms with E-state index in [2.05, 4.69) is 15.0 Å². The van der Waals surface area contributed by atoms with Crippen molar-refractivity contribution in [1.29, 1.82) is 0 Å². The summed E-state index contributed by atoms with van der Waals surface area (Å²) in [6.45, 7) is 0. The maximum Gasteiger partial charge on any atom is 0.144 e. The molecule has 0 amide bonds. The fourth-order valence-corrected chi connectivity index (χ4v) is 1.27. The average Bonchev–Trinajstić information content (AvgIpc) is 2.52. The molecule has 2 aromatic heterocycles. The maximum absolute atomic E-state index is 5.88. The minimum absolute atomic E-state index is 0.421. The van der Waals surface area contributed by atoms with Crippen LogP contribution >= 0.6 is 11.6 Å². The van der Waals surface area contributed by atoms with Crippen LogP contribution in [0.25, 0.3) is 11.4 Å². The van der Waals surface area contributed by atoms with Crippen molar-refractivity contribution >= 4 is 11.6 Å². The molecule has 0 saturated heterocycles. The van der Waals surface area contributed by atoms with Crippen molar-refractivity contribution in [3.05, 3.63) is 30.1 Å². The number of halogens is 1. The van der Waals surface area contributed by atoms with Gasteiger partial charge in [0.15, 0.2) is 0 Å². The van der Waals surface area contributed by atoms with Crippen molar-refractivity contribution in [2.45, 2.75) is 0 Å². The first-order valence-corrected chi connectivity index (χ1v) is 4.10. The molecule has 13 heavy (non-hydrogen) atoms. The minimum Gasteiger partial charge on any atom is -0.334 e. The summed E-state index contributed by atoms with van der Waals surface area (Å²) in [4.78, 5) is 11.9. The fourth-order valence-electron chi connectivity index (χ4n) is 1.09. The summed E-state index contributed by atoms with van der Waals surface area (Å²) >= 11 is 5.88. The quantitative estimate of drug-likeness (QED) is 0.647. The smallest absolute Gasteiger partial charge is 0.144 e. The van der Waals surface area contributed by atoms with Crippen LogP contribution in [0.15, 0.2) is 24.9 Å². The van der Waals surface area contributed by atoms with Crippen LogP contribution in [0.5, 0.6) is 0 Å². The van der Waals surface area contributed by atoms with Crippen molar-refractivity contribution in [1.82, 2.24) is 19.5 Å². The zero-order valence-electron chi connectivity index (χ0n) is 6.98. The molecule has 4 nitrogen and oxygen atoms in total. The van der Waals surface area contributed by atoms with E-state index in [9.17, 15) is 0 Å². The summed E-state index contributed by atoms with van der Waals surface area (Å²) in [5.41, 5.74) is 0.747. The average molecular weight is 195 g/mol. The van der Waals surface area contributed by atoms with E-state index in [0.29, 0.717) is 5.15 Å². The third-order valence-electron chi connectivity index (χ3n) is 1.73. The third kappa shape index (κ3) is 1.40. The van der Waals surface area contributed by atoms with Crippen LogP contribution in [-0.4, -0.2) is 19.5 Å². The largest absolute Gasteiger partial charge is 0.334 e. The Morgan fingerprint density at radius 1 is 1.38 bits per heavy atom. The van der Waals surface area contributed by atoms with Gasteiger partial charge in [-0.3, -0.25) is 0 Å². The van der Waals surface area contributed by atoms with E-state index in [1.54, 1.807) is 12.4 Å². The monoisotopic (exact) mass is 194 g/mol. The summed E-state index contributed by atoms with van der Waals surface area (Å²) in [7, 11) is 1.89. The van der Waals surface area contributed by atoms with Gasteiger partial charge in [0.05, 0.1) is 5.56 Å². The van der Waals surface area contributed by atoms with Crippen LogP contribution in [0, 0.1) is 0 Å². The molecule has 66 valence electrons. The number of aryl methyl sites for hydroxylation is 1. The first-order chi connectivity index (χ1) is 6.29. The highest BCUT2D eigenvalue weighted by atomic mass is 35.5. The lowest BCUT2D eigenvalue weighted by Gasteiger charge is -2.01. The molecule has 0 unspecified atom stereocenters. The Balaban J connectivity index is 2.59. The molecule has 0 N–H and O–H groups in total. The van der Waals surface area contributed by atoms with Crippen molar-refractivity contribution in [2.24, 2.45) is 7.05 Å². The molecule has 0 spiro atoms. The second-order valence-electron chi connectivity index (χ2n) is 2.59. The van der Waals surface area contributed by atoms with Gasteiger partial charge in [0.2, 0.25) is 0 Å². The highest BCUT2D eigenvalue weighted by molar-refractivity contribution is 6.31. The Morgan fingerprint density at radius 3 is 2.85 bits per heavy atom. The zero-order chi connectivity index (χ0) is 9.26. The Hall–Kier alpha value is -1.42. The van der Waals surface area contributed by atoms with Gasteiger partial charge in [-0.1, -0.05) is 11.6 Å². The fraction of sp³-hybridized carbons (Fsp3) is 0.125. The van der Waals surface area contributed by atoms with Crippen LogP contribution in [0.1, 0.15) is 0 Å². The lowest BCUT2D eigenvalue weighted by Crippen LogP contribution is -1.93. The zero-order valence-corrected chi connectivity index (χ0v) is 7.73. The van der Waals surface area contributed by atoms with E-state index in [1.807, 2.05) is 17.8 Å². The topological polar surface area (TPSA) is 43.6 Å². The normalized spacial score (nSPS) is 10.3. The standard InChI is InChI=1S/C8H7ClN4/c1-13-3-2-11-8(13)6-4-10-5-12-7(6)9/h2-5H,1H3. The van der Waals surface area contributed by atoms with Gasteiger partial charge in [-0.25, -0.2) is 15.0 Å². The molecule has 2 heterocycles. The van der Waals surface area contributed by atoms with E-state index in [0.717, 1.165) is 11.4 Å². The van der Waals surface area contributed by atoms with Gasteiger partial charge in [-0.15, -0.1) is 0 Å². The van der Waals surface area contributed by atoms with E-state index in [1.165, 1.54) is 6.33 Å². The van der Waals surface area contributed by atoms with E-state index in [4.69, 9.17) is 11.6 Å². The van der Waals surface area contributed by atoms with Crippen LogP contribution < -0.4 is 0 Å². The van der Waals surface area contributed by atoms with Crippen molar-refractivity contribution in [3.63, 3.8) is 0 Å². The minimum atomic E-state index is 0.421. The van der Waals surface area contributed by atoms with Gasteiger partial charge < -0.3 is 4.57 Å². The summed E-state index contributed by atoms with van der Waals surface area (Å²) in [6.07, 6.45) is 6.61. The lowest BCUT2D eigenvalue weighted by atomic mass is 10.3.